The minimum absolute atomic E-state index is 0.0181. The molecule has 0 heterocycles. The molecule has 2 aromatic rings. The maximum absolute atomic E-state index is 12.3. The summed E-state index contributed by atoms with van der Waals surface area (Å²) in [6.07, 6.45) is 1.96. The van der Waals surface area contributed by atoms with Crippen molar-refractivity contribution in [3.05, 3.63) is 64.7 Å². The van der Waals surface area contributed by atoms with Gasteiger partial charge in [0, 0.05) is 19.3 Å². The van der Waals surface area contributed by atoms with Gasteiger partial charge in [0.25, 0.3) is 5.91 Å². The Labute approximate surface area is 157 Å². The number of amides is 1. The predicted molar refractivity (Wildman–Crippen MR) is 104 cm³/mol. The van der Waals surface area contributed by atoms with Crippen LogP contribution in [0.1, 0.15) is 12.0 Å². The number of benzene rings is 2. The molecule has 26 heavy (non-hydrogen) atoms. The minimum atomic E-state index is -0.518. The summed E-state index contributed by atoms with van der Waals surface area (Å²) in [7, 11) is 1.90. The van der Waals surface area contributed by atoms with Crippen LogP contribution in [0.25, 0.3) is 6.08 Å². The second-order valence-corrected chi connectivity index (χ2v) is 5.93. The van der Waals surface area contributed by atoms with E-state index in [0.717, 1.165) is 11.3 Å². The third-order valence-corrected chi connectivity index (χ3v) is 4.02. The van der Waals surface area contributed by atoms with Crippen LogP contribution in [0.2, 0.25) is 5.02 Å². The number of nitriles is 2. The Bertz CT molecular complexity index is 891. The Morgan fingerprint density at radius 2 is 1.88 bits per heavy atom. The van der Waals surface area contributed by atoms with E-state index < -0.39 is 5.91 Å². The van der Waals surface area contributed by atoms with Gasteiger partial charge < -0.3 is 10.2 Å². The van der Waals surface area contributed by atoms with E-state index in [9.17, 15) is 10.1 Å². The quantitative estimate of drug-likeness (QED) is 0.614. The molecule has 0 aromatic heterocycles. The number of para-hydroxylation sites is 1. The molecule has 0 spiro atoms. The van der Waals surface area contributed by atoms with Crippen molar-refractivity contribution in [1.82, 2.24) is 0 Å². The molecule has 6 heteroatoms. The highest BCUT2D eigenvalue weighted by molar-refractivity contribution is 6.34. The first-order chi connectivity index (χ1) is 12.5. The van der Waals surface area contributed by atoms with E-state index in [4.69, 9.17) is 16.9 Å². The van der Waals surface area contributed by atoms with Crippen molar-refractivity contribution >= 4 is 35.0 Å². The second kappa shape index (κ2) is 9.27. The highest BCUT2D eigenvalue weighted by Gasteiger charge is 2.11. The fourth-order valence-electron chi connectivity index (χ4n) is 2.24. The molecule has 5 nitrogen and oxygen atoms in total. The number of nitrogens with one attached hydrogen (secondary N) is 1. The molecule has 0 bridgehead atoms. The van der Waals surface area contributed by atoms with Gasteiger partial charge in [-0.05, 0) is 35.9 Å². The Hall–Kier alpha value is -3.28. The van der Waals surface area contributed by atoms with Crippen molar-refractivity contribution in [3.8, 4) is 12.1 Å². The summed E-state index contributed by atoms with van der Waals surface area (Å²) in [6.45, 7) is 0.634. The fourth-order valence-corrected chi connectivity index (χ4v) is 2.42. The van der Waals surface area contributed by atoms with Gasteiger partial charge in [0.05, 0.1) is 23.2 Å². The number of hydrogen-bond acceptors (Lipinski definition) is 4. The Morgan fingerprint density at radius 3 is 2.50 bits per heavy atom. The molecule has 0 saturated heterocycles. The molecule has 2 aromatic carbocycles. The van der Waals surface area contributed by atoms with Crippen LogP contribution in [-0.2, 0) is 4.79 Å². The zero-order chi connectivity index (χ0) is 18.9. The van der Waals surface area contributed by atoms with Crippen LogP contribution in [0.3, 0.4) is 0 Å². The van der Waals surface area contributed by atoms with Crippen LogP contribution in [0.5, 0.6) is 0 Å². The van der Waals surface area contributed by atoms with Gasteiger partial charge in [0.15, 0.2) is 0 Å². The molecular weight excluding hydrogens is 348 g/mol. The monoisotopic (exact) mass is 364 g/mol. The average Bonchev–Trinajstić information content (AvgIpc) is 2.66. The number of carbonyl (C=O) groups is 1. The number of halogens is 1. The van der Waals surface area contributed by atoms with E-state index in [2.05, 4.69) is 11.4 Å². The molecule has 1 N–H and O–H groups in total. The summed E-state index contributed by atoms with van der Waals surface area (Å²) in [6, 6.07) is 18.3. The first-order valence-corrected chi connectivity index (χ1v) is 8.28. The van der Waals surface area contributed by atoms with Gasteiger partial charge >= 0.3 is 0 Å². The van der Waals surface area contributed by atoms with Crippen molar-refractivity contribution in [2.75, 3.05) is 23.8 Å². The van der Waals surface area contributed by atoms with Gasteiger partial charge in [-0.3, -0.25) is 4.79 Å². The number of anilines is 2. The summed E-state index contributed by atoms with van der Waals surface area (Å²) in [5, 5.41) is 21.0. The molecule has 130 valence electrons. The highest BCUT2D eigenvalue weighted by Crippen LogP contribution is 2.21. The third kappa shape index (κ3) is 5.11. The van der Waals surface area contributed by atoms with Gasteiger partial charge in [0.1, 0.15) is 11.6 Å². The van der Waals surface area contributed by atoms with Crippen molar-refractivity contribution in [2.24, 2.45) is 0 Å². The molecule has 1 amide bonds. The number of nitrogens with zero attached hydrogens (tertiary/aromatic N) is 3. The zero-order valence-electron chi connectivity index (χ0n) is 14.2. The largest absolute Gasteiger partial charge is 0.374 e. The molecule has 0 saturated carbocycles. The van der Waals surface area contributed by atoms with E-state index >= 15 is 0 Å². The zero-order valence-corrected chi connectivity index (χ0v) is 15.0. The van der Waals surface area contributed by atoms with Crippen molar-refractivity contribution in [1.29, 1.82) is 10.5 Å². The van der Waals surface area contributed by atoms with Gasteiger partial charge in [-0.15, -0.1) is 0 Å². The van der Waals surface area contributed by atoms with Crippen LogP contribution in [0, 0.1) is 22.7 Å². The van der Waals surface area contributed by atoms with E-state index in [1.807, 2.05) is 42.3 Å². The maximum atomic E-state index is 12.3. The normalized spacial score (nSPS) is 10.5. The maximum Gasteiger partial charge on any atom is 0.266 e. The molecular formula is C20H17ClN4O. The molecule has 0 aliphatic heterocycles. The van der Waals surface area contributed by atoms with Gasteiger partial charge in [0.2, 0.25) is 0 Å². The third-order valence-electron chi connectivity index (χ3n) is 3.69. The van der Waals surface area contributed by atoms with Crippen molar-refractivity contribution in [3.63, 3.8) is 0 Å². The van der Waals surface area contributed by atoms with Gasteiger partial charge in [-0.2, -0.15) is 10.5 Å². The molecule has 0 fully saturated rings. The Morgan fingerprint density at radius 1 is 1.19 bits per heavy atom. The SMILES string of the molecule is CN(CCC#N)c1ccc(/C=C(\C#N)C(=O)Nc2ccccc2Cl)cc1. The summed E-state index contributed by atoms with van der Waals surface area (Å²) < 4.78 is 0. The lowest BCUT2D eigenvalue weighted by Gasteiger charge is -2.17. The first kappa shape index (κ1) is 19.1. The molecule has 0 atom stereocenters. The fraction of sp³-hybridized carbons (Fsp3) is 0.150. The average molecular weight is 365 g/mol. The summed E-state index contributed by atoms with van der Waals surface area (Å²) in [5.41, 5.74) is 2.12. The molecule has 0 unspecified atom stereocenters. The predicted octanol–water partition coefficient (Wildman–Crippen LogP) is 4.24. The summed E-state index contributed by atoms with van der Waals surface area (Å²) in [5.74, 6) is -0.518. The lowest BCUT2D eigenvalue weighted by atomic mass is 10.1. The van der Waals surface area contributed by atoms with E-state index in [1.165, 1.54) is 6.08 Å². The van der Waals surface area contributed by atoms with E-state index in [0.29, 0.717) is 23.7 Å². The summed E-state index contributed by atoms with van der Waals surface area (Å²) >= 11 is 6.02. The molecule has 2 rings (SSSR count). The van der Waals surface area contributed by atoms with Crippen molar-refractivity contribution < 1.29 is 4.79 Å². The van der Waals surface area contributed by atoms with E-state index in [1.54, 1.807) is 24.3 Å². The van der Waals surface area contributed by atoms with Crippen LogP contribution >= 0.6 is 11.6 Å². The van der Waals surface area contributed by atoms with Crippen molar-refractivity contribution in [2.45, 2.75) is 6.42 Å². The van der Waals surface area contributed by atoms with E-state index in [-0.39, 0.29) is 5.57 Å². The number of hydrogen-bond donors (Lipinski definition) is 1. The number of rotatable bonds is 6. The minimum Gasteiger partial charge on any atom is -0.374 e. The van der Waals surface area contributed by atoms with Gasteiger partial charge in [-0.1, -0.05) is 35.9 Å². The molecule has 0 radical (unpaired) electrons. The van der Waals surface area contributed by atoms with Gasteiger partial charge in [-0.25, -0.2) is 0 Å². The Kier molecular flexibility index (Phi) is 6.79. The standard InChI is InChI=1S/C20H17ClN4O/c1-25(12-4-11-22)17-9-7-15(8-10-17)13-16(14-23)20(26)24-19-6-3-2-5-18(19)21/h2-3,5-10,13H,4,12H2,1H3,(H,24,26)/b16-13+. The Balaban J connectivity index is 2.13. The lowest BCUT2D eigenvalue weighted by molar-refractivity contribution is -0.112. The molecule has 0 aliphatic carbocycles. The van der Waals surface area contributed by atoms with Crippen LogP contribution in [0.15, 0.2) is 54.1 Å². The lowest BCUT2D eigenvalue weighted by Crippen LogP contribution is -2.17. The van der Waals surface area contributed by atoms with Crippen LogP contribution in [0.4, 0.5) is 11.4 Å². The second-order valence-electron chi connectivity index (χ2n) is 5.52. The van der Waals surface area contributed by atoms with Crippen LogP contribution in [-0.4, -0.2) is 19.5 Å². The topological polar surface area (TPSA) is 79.9 Å². The summed E-state index contributed by atoms with van der Waals surface area (Å²) in [4.78, 5) is 14.3. The number of carbonyl (C=O) groups excluding carboxylic acids is 1. The van der Waals surface area contributed by atoms with Crippen LogP contribution < -0.4 is 10.2 Å². The smallest absolute Gasteiger partial charge is 0.266 e. The first-order valence-electron chi connectivity index (χ1n) is 7.91. The molecule has 0 aliphatic rings. The highest BCUT2D eigenvalue weighted by atomic mass is 35.5.